The molecule has 0 amide bonds. The van der Waals surface area contributed by atoms with Gasteiger partial charge in [0.25, 0.3) is 5.82 Å². The highest BCUT2D eigenvalue weighted by Gasteiger charge is 2.37. The summed E-state index contributed by atoms with van der Waals surface area (Å²) in [7, 11) is 0. The summed E-state index contributed by atoms with van der Waals surface area (Å²) in [5.41, 5.74) is -0.685. The molecule has 2 aromatic rings. The molecule has 0 aliphatic heterocycles. The molecule has 2 rings (SSSR count). The van der Waals surface area contributed by atoms with Gasteiger partial charge in [-0.2, -0.15) is 22.8 Å². The third-order valence-electron chi connectivity index (χ3n) is 1.74. The Morgan fingerprint density at radius 1 is 1.31 bits per heavy atom. The summed E-state index contributed by atoms with van der Waals surface area (Å²) in [6, 6.07) is 2.14. The van der Waals surface area contributed by atoms with Crippen LogP contribution in [-0.2, 0) is 6.18 Å². The lowest BCUT2D eigenvalue weighted by molar-refractivity contribution is -0.146. The van der Waals surface area contributed by atoms with Gasteiger partial charge in [0.15, 0.2) is 11.3 Å². The zero-order valence-corrected chi connectivity index (χ0v) is 7.43. The molecule has 0 aliphatic carbocycles. The van der Waals surface area contributed by atoms with Crippen molar-refractivity contribution in [2.45, 2.75) is 6.18 Å². The lowest BCUT2D eigenvalue weighted by Crippen LogP contribution is -2.14. The van der Waals surface area contributed by atoms with E-state index < -0.39 is 23.7 Å². The summed E-state index contributed by atoms with van der Waals surface area (Å²) in [6.45, 7) is 0. The van der Waals surface area contributed by atoms with Gasteiger partial charge in [0, 0.05) is 0 Å². The van der Waals surface area contributed by atoms with E-state index in [1.807, 2.05) is 0 Å². The van der Waals surface area contributed by atoms with Crippen LogP contribution in [-0.4, -0.2) is 30.9 Å². The standard InChI is InChI=1S/C7H3F3N4O2/c8-7(9,10)6-12-11-4-2-1-3(5(15)16)13-14(4)6/h1-2H,(H,15,16). The van der Waals surface area contributed by atoms with E-state index in [1.54, 1.807) is 0 Å². The predicted molar refractivity (Wildman–Crippen MR) is 42.7 cm³/mol. The fourth-order valence-electron chi connectivity index (χ4n) is 1.08. The van der Waals surface area contributed by atoms with Crippen molar-refractivity contribution in [2.75, 3.05) is 0 Å². The van der Waals surface area contributed by atoms with Gasteiger partial charge < -0.3 is 5.11 Å². The Balaban J connectivity index is 2.70. The molecular weight excluding hydrogens is 229 g/mol. The van der Waals surface area contributed by atoms with E-state index in [4.69, 9.17) is 5.11 Å². The molecule has 0 radical (unpaired) electrons. The van der Waals surface area contributed by atoms with Gasteiger partial charge in [0.05, 0.1) is 0 Å². The van der Waals surface area contributed by atoms with Crippen LogP contribution in [0.1, 0.15) is 16.3 Å². The highest BCUT2D eigenvalue weighted by atomic mass is 19.4. The number of carboxylic acid groups (broad SMARTS) is 1. The van der Waals surface area contributed by atoms with Gasteiger partial charge in [-0.1, -0.05) is 0 Å². The first-order chi connectivity index (χ1) is 7.39. The number of hydrogen-bond donors (Lipinski definition) is 1. The zero-order chi connectivity index (χ0) is 11.9. The summed E-state index contributed by atoms with van der Waals surface area (Å²) in [5, 5.41) is 18.0. The number of carbonyl (C=O) groups is 1. The van der Waals surface area contributed by atoms with Gasteiger partial charge in [-0.25, -0.2) is 4.79 Å². The minimum atomic E-state index is -4.73. The normalized spacial score (nSPS) is 11.9. The van der Waals surface area contributed by atoms with Crippen molar-refractivity contribution in [3.05, 3.63) is 23.7 Å². The largest absolute Gasteiger partial charge is 0.476 e. The highest BCUT2D eigenvalue weighted by molar-refractivity contribution is 5.85. The Labute approximate surface area is 85.3 Å². The quantitative estimate of drug-likeness (QED) is 0.787. The first-order valence-corrected chi connectivity index (χ1v) is 3.92. The third-order valence-corrected chi connectivity index (χ3v) is 1.74. The first-order valence-electron chi connectivity index (χ1n) is 3.92. The molecule has 0 spiro atoms. The van der Waals surface area contributed by atoms with Crippen LogP contribution in [0.5, 0.6) is 0 Å². The number of carboxylic acids is 1. The van der Waals surface area contributed by atoms with E-state index in [9.17, 15) is 18.0 Å². The van der Waals surface area contributed by atoms with E-state index >= 15 is 0 Å². The molecule has 0 fully saturated rings. The molecule has 0 aromatic carbocycles. The van der Waals surface area contributed by atoms with Gasteiger partial charge in [-0.05, 0) is 12.1 Å². The van der Waals surface area contributed by atoms with Gasteiger partial charge in [-0.3, -0.25) is 0 Å². The maximum Gasteiger partial charge on any atom is 0.453 e. The van der Waals surface area contributed by atoms with Crippen LogP contribution in [0.15, 0.2) is 12.1 Å². The lowest BCUT2D eigenvalue weighted by atomic mass is 10.4. The second-order valence-electron chi connectivity index (χ2n) is 2.82. The van der Waals surface area contributed by atoms with E-state index in [-0.39, 0.29) is 5.65 Å². The van der Waals surface area contributed by atoms with Crippen molar-refractivity contribution >= 4 is 11.6 Å². The van der Waals surface area contributed by atoms with E-state index in [0.29, 0.717) is 4.52 Å². The first kappa shape index (κ1) is 10.3. The summed E-state index contributed by atoms with van der Waals surface area (Å²) in [5.74, 6) is -2.78. The van der Waals surface area contributed by atoms with Gasteiger partial charge in [-0.15, -0.1) is 10.2 Å². The number of fused-ring (bicyclic) bond motifs is 1. The smallest absolute Gasteiger partial charge is 0.453 e. The number of nitrogens with zero attached hydrogens (tertiary/aromatic N) is 4. The zero-order valence-electron chi connectivity index (χ0n) is 7.43. The van der Waals surface area contributed by atoms with Crippen molar-refractivity contribution in [1.82, 2.24) is 19.8 Å². The lowest BCUT2D eigenvalue weighted by Gasteiger charge is -2.02. The summed E-state index contributed by atoms with van der Waals surface area (Å²) >= 11 is 0. The average molecular weight is 232 g/mol. The van der Waals surface area contributed by atoms with Crippen molar-refractivity contribution in [3.8, 4) is 0 Å². The number of rotatable bonds is 1. The number of aromatic carboxylic acids is 1. The fourth-order valence-corrected chi connectivity index (χ4v) is 1.08. The van der Waals surface area contributed by atoms with Crippen LogP contribution in [0.4, 0.5) is 13.2 Å². The van der Waals surface area contributed by atoms with Gasteiger partial charge in [0.2, 0.25) is 0 Å². The molecule has 0 saturated heterocycles. The SMILES string of the molecule is O=C(O)c1ccc2nnc(C(F)(F)F)n2n1. The Hall–Kier alpha value is -2.19. The fraction of sp³-hybridized carbons (Fsp3) is 0.143. The molecule has 16 heavy (non-hydrogen) atoms. The van der Waals surface area contributed by atoms with Crippen LogP contribution >= 0.6 is 0 Å². The molecule has 6 nitrogen and oxygen atoms in total. The van der Waals surface area contributed by atoms with E-state index in [2.05, 4.69) is 15.3 Å². The number of aromatic nitrogens is 4. The summed E-state index contributed by atoms with van der Waals surface area (Å²) < 4.78 is 37.5. The number of hydrogen-bond acceptors (Lipinski definition) is 4. The van der Waals surface area contributed by atoms with E-state index in [1.165, 1.54) is 0 Å². The molecular formula is C7H3F3N4O2. The minimum absolute atomic E-state index is 0.169. The second kappa shape index (κ2) is 3.15. The molecule has 0 aliphatic rings. The number of alkyl halides is 3. The monoisotopic (exact) mass is 232 g/mol. The molecule has 2 aromatic heterocycles. The molecule has 0 atom stereocenters. The van der Waals surface area contributed by atoms with Crippen molar-refractivity contribution < 1.29 is 23.1 Å². The number of halogens is 3. The molecule has 9 heteroatoms. The average Bonchev–Trinajstić information content (AvgIpc) is 2.58. The molecule has 1 N–H and O–H groups in total. The van der Waals surface area contributed by atoms with Crippen LogP contribution in [0, 0.1) is 0 Å². The molecule has 2 heterocycles. The summed E-state index contributed by atoms with van der Waals surface area (Å²) in [4.78, 5) is 10.5. The Morgan fingerprint density at radius 3 is 2.56 bits per heavy atom. The Morgan fingerprint density at radius 2 is 2.00 bits per heavy atom. The van der Waals surface area contributed by atoms with Gasteiger partial charge >= 0.3 is 12.1 Å². The Bertz CT molecular complexity index is 562. The second-order valence-corrected chi connectivity index (χ2v) is 2.82. The van der Waals surface area contributed by atoms with Crippen LogP contribution in [0.3, 0.4) is 0 Å². The Kier molecular flexibility index (Phi) is 2.04. The maximum absolute atomic E-state index is 12.4. The maximum atomic E-state index is 12.4. The van der Waals surface area contributed by atoms with Crippen molar-refractivity contribution in [3.63, 3.8) is 0 Å². The van der Waals surface area contributed by atoms with Crippen LogP contribution < -0.4 is 0 Å². The van der Waals surface area contributed by atoms with Crippen molar-refractivity contribution in [1.29, 1.82) is 0 Å². The molecule has 0 saturated carbocycles. The van der Waals surface area contributed by atoms with Gasteiger partial charge in [0.1, 0.15) is 0 Å². The van der Waals surface area contributed by atoms with Crippen LogP contribution in [0.25, 0.3) is 5.65 Å². The third kappa shape index (κ3) is 1.55. The van der Waals surface area contributed by atoms with E-state index in [0.717, 1.165) is 12.1 Å². The topological polar surface area (TPSA) is 80.4 Å². The minimum Gasteiger partial charge on any atom is -0.476 e. The highest BCUT2D eigenvalue weighted by Crippen LogP contribution is 2.27. The molecule has 84 valence electrons. The summed E-state index contributed by atoms with van der Waals surface area (Å²) in [6.07, 6.45) is -4.73. The van der Waals surface area contributed by atoms with Crippen LogP contribution in [0.2, 0.25) is 0 Å². The predicted octanol–water partition coefficient (Wildman–Crippen LogP) is 0.841. The molecule has 0 bridgehead atoms. The van der Waals surface area contributed by atoms with Crippen molar-refractivity contribution in [2.24, 2.45) is 0 Å². The molecule has 0 unspecified atom stereocenters.